The van der Waals surface area contributed by atoms with Crippen molar-refractivity contribution in [1.82, 2.24) is 25.4 Å². The first kappa shape index (κ1) is 71.9. The van der Waals surface area contributed by atoms with Crippen LogP contribution in [0.15, 0.2) is 11.9 Å². The van der Waals surface area contributed by atoms with Crippen LogP contribution in [0.3, 0.4) is 0 Å². The molecule has 71 heavy (non-hydrogen) atoms. The Kier molecular flexibility index (Phi) is 60.0. The molecule has 1 saturated heterocycles. The molecule has 1 fully saturated rings. The first-order chi connectivity index (χ1) is 34.5. The maximum absolute atomic E-state index is 12.2. The van der Waals surface area contributed by atoms with Crippen LogP contribution in [0.2, 0.25) is 0 Å². The molecule has 1 aliphatic heterocycles. The quantitative estimate of drug-likeness (QED) is 0.0167. The van der Waals surface area contributed by atoms with Crippen LogP contribution in [0.1, 0.15) is 221 Å². The van der Waals surface area contributed by atoms with Crippen LogP contribution in [0.25, 0.3) is 0 Å². The zero-order chi connectivity index (χ0) is 53.3. The summed E-state index contributed by atoms with van der Waals surface area (Å²) in [6.45, 7) is 17.9. The first-order valence-electron chi connectivity index (χ1n) is 28.4. The van der Waals surface area contributed by atoms with E-state index in [1.807, 2.05) is 18.7 Å². The van der Waals surface area contributed by atoms with Gasteiger partial charge in [0.2, 0.25) is 24.1 Å². The van der Waals surface area contributed by atoms with Crippen LogP contribution in [0, 0.1) is 0 Å². The van der Waals surface area contributed by atoms with Crippen molar-refractivity contribution >= 4 is 29.9 Å². The van der Waals surface area contributed by atoms with Crippen LogP contribution in [0.4, 0.5) is 0 Å². The Hall–Kier alpha value is -3.31. The van der Waals surface area contributed by atoms with Crippen molar-refractivity contribution in [1.29, 1.82) is 0 Å². The molecule has 16 nitrogen and oxygen atoms in total. The van der Waals surface area contributed by atoms with Gasteiger partial charge in [-0.05, 0) is 46.1 Å². The Bertz CT molecular complexity index is 1220. The second kappa shape index (κ2) is 59.3. The molecular weight excluding hydrogens is 901 g/mol. The van der Waals surface area contributed by atoms with E-state index in [9.17, 15) is 19.2 Å². The van der Waals surface area contributed by atoms with Gasteiger partial charge in [-0.2, -0.15) is 0 Å². The molecule has 0 aromatic carbocycles. The number of nitrogens with zero attached hydrogens (tertiary/aromatic N) is 3. The average molecular weight is 1010 g/mol. The van der Waals surface area contributed by atoms with Gasteiger partial charge >= 0.3 is 0 Å². The number of piperazine rings is 1. The third-order valence-electron chi connectivity index (χ3n) is 11.9. The molecule has 1 aliphatic rings. The lowest BCUT2D eigenvalue weighted by Crippen LogP contribution is -2.47. The topological polar surface area (TPSA) is 225 Å². The zero-order valence-electron chi connectivity index (χ0n) is 46.7. The molecule has 8 N–H and O–H groups in total. The smallest absolute Gasteiger partial charge is 0.222 e. The van der Waals surface area contributed by atoms with Crippen LogP contribution in [0.5, 0.6) is 0 Å². The second-order valence-electron chi connectivity index (χ2n) is 18.5. The third kappa shape index (κ3) is 59.1. The molecule has 0 saturated carbocycles. The number of allylic oxidation sites excluding steroid dienone is 1. The Morgan fingerprint density at radius 3 is 1.31 bits per heavy atom. The molecule has 0 radical (unpaired) electrons. The minimum Gasteiger partial charge on any atom is -0.401 e. The average Bonchev–Trinajstić information content (AvgIpc) is 3.35. The van der Waals surface area contributed by atoms with Gasteiger partial charge in [-0.15, -0.1) is 0 Å². The van der Waals surface area contributed by atoms with E-state index in [0.29, 0.717) is 84.8 Å². The molecule has 0 aliphatic carbocycles. The Labute approximate surface area is 434 Å². The summed E-state index contributed by atoms with van der Waals surface area (Å²) in [6.07, 6.45) is 35.5. The van der Waals surface area contributed by atoms with Crippen LogP contribution >= 0.6 is 0 Å². The molecule has 0 bridgehead atoms. The number of ketones is 1. The molecule has 0 aromatic rings. The fourth-order valence-corrected chi connectivity index (χ4v) is 7.62. The molecule has 4 amide bonds. The van der Waals surface area contributed by atoms with E-state index >= 15 is 0 Å². The summed E-state index contributed by atoms with van der Waals surface area (Å²) in [4.78, 5) is 59.6. The normalized spacial score (nSPS) is 12.4. The summed E-state index contributed by atoms with van der Waals surface area (Å²) in [5.41, 5.74) is 10.7. The van der Waals surface area contributed by atoms with Gasteiger partial charge in [-0.25, -0.2) is 5.84 Å². The summed E-state index contributed by atoms with van der Waals surface area (Å²) < 4.78 is 16.5. The summed E-state index contributed by atoms with van der Waals surface area (Å²) in [5, 5.41) is 7.39. The van der Waals surface area contributed by atoms with Crippen molar-refractivity contribution in [3.8, 4) is 0 Å². The number of likely N-dealkylation sites (N-methyl/N-ethyl adjacent to an activating group) is 1. The van der Waals surface area contributed by atoms with Gasteiger partial charge in [0.05, 0.1) is 39.6 Å². The third-order valence-corrected chi connectivity index (χ3v) is 11.9. The molecule has 0 unspecified atom stereocenters. The highest BCUT2D eigenvalue weighted by Crippen LogP contribution is 2.15. The Balaban J connectivity index is -0.00000193. The fraction of sp³-hybridized carbons (Fsp3) is 0.873. The molecule has 0 aromatic heterocycles. The number of primary amides is 1. The predicted octanol–water partition coefficient (Wildman–Crippen LogP) is 9.07. The first-order valence-corrected chi connectivity index (χ1v) is 28.4. The minimum atomic E-state index is -0.0507. The molecule has 420 valence electrons. The number of carbonyl (C=O) groups excluding carboxylic acids is 5. The number of nitrogens with one attached hydrogen (secondary N) is 2. The highest BCUT2D eigenvalue weighted by Gasteiger charge is 2.18. The molecule has 0 atom stereocenters. The van der Waals surface area contributed by atoms with Crippen molar-refractivity contribution in [2.24, 2.45) is 17.3 Å². The number of hydrogen-bond donors (Lipinski definition) is 5. The van der Waals surface area contributed by atoms with Gasteiger partial charge in [0, 0.05) is 83.4 Å². The zero-order valence-corrected chi connectivity index (χ0v) is 46.7. The monoisotopic (exact) mass is 1010 g/mol. The maximum atomic E-state index is 12.2. The molecule has 1 heterocycles. The highest BCUT2D eigenvalue weighted by molar-refractivity contribution is 5.79. The molecule has 1 rings (SSSR count). The van der Waals surface area contributed by atoms with Gasteiger partial charge in [-0.3, -0.25) is 19.2 Å². The van der Waals surface area contributed by atoms with Crippen molar-refractivity contribution < 1.29 is 38.2 Å². The van der Waals surface area contributed by atoms with E-state index in [-0.39, 0.29) is 29.9 Å². The SMILES string of the molecule is CC.CCCCCCCCCCCCCCCCCCCCCCC(=O)NCCOCCOCCOCCNC(=O)CCCC(=O)N1CCN(C)CC1.CCCCN(N)/C=C(\N)CCCC(C)=O.NC=O. The van der Waals surface area contributed by atoms with E-state index in [0.717, 1.165) is 76.9 Å². The number of amides is 4. The molecule has 16 heteroatoms. The van der Waals surface area contributed by atoms with E-state index in [2.05, 4.69) is 42.2 Å². The number of hydrazine groups is 1. The number of nitrogens with two attached hydrogens (primary N) is 3. The van der Waals surface area contributed by atoms with E-state index in [1.54, 1.807) is 18.1 Å². The summed E-state index contributed by atoms with van der Waals surface area (Å²) >= 11 is 0. The van der Waals surface area contributed by atoms with Crippen molar-refractivity contribution in [3.05, 3.63) is 11.9 Å². The van der Waals surface area contributed by atoms with Gasteiger partial charge in [0.25, 0.3) is 0 Å². The van der Waals surface area contributed by atoms with Crippen LogP contribution in [-0.2, 0) is 38.2 Å². The number of unbranched alkanes of at least 4 members (excludes halogenated alkanes) is 20. The van der Waals surface area contributed by atoms with Crippen molar-refractivity contribution in [2.75, 3.05) is 92.5 Å². The largest absolute Gasteiger partial charge is 0.401 e. The maximum Gasteiger partial charge on any atom is 0.222 e. The number of hydrogen-bond acceptors (Lipinski definition) is 12. The lowest BCUT2D eigenvalue weighted by Gasteiger charge is -2.32. The van der Waals surface area contributed by atoms with Crippen LogP contribution in [-0.4, -0.2) is 137 Å². The summed E-state index contributed by atoms with van der Waals surface area (Å²) in [5.74, 6) is 6.11. The molecular formula is C55H112N8O8. The molecule has 0 spiro atoms. The Morgan fingerprint density at radius 2 is 0.901 bits per heavy atom. The second-order valence-corrected chi connectivity index (χ2v) is 18.5. The Morgan fingerprint density at radius 1 is 0.535 bits per heavy atom. The minimum absolute atomic E-state index is 0.0507. The van der Waals surface area contributed by atoms with E-state index in [1.165, 1.54) is 116 Å². The lowest BCUT2D eigenvalue weighted by atomic mass is 10.0. The van der Waals surface area contributed by atoms with Gasteiger partial charge in [0.1, 0.15) is 5.78 Å². The fourth-order valence-electron chi connectivity index (χ4n) is 7.62. The van der Waals surface area contributed by atoms with Crippen LogP contribution < -0.4 is 27.9 Å². The predicted molar refractivity (Wildman–Crippen MR) is 293 cm³/mol. The lowest BCUT2D eigenvalue weighted by molar-refractivity contribution is -0.133. The van der Waals surface area contributed by atoms with E-state index in [4.69, 9.17) is 30.6 Å². The summed E-state index contributed by atoms with van der Waals surface area (Å²) in [6, 6.07) is 0. The number of rotatable bonds is 45. The number of carbonyl (C=O) groups is 5. The van der Waals surface area contributed by atoms with E-state index < -0.39 is 0 Å². The number of ether oxygens (including phenoxy) is 3. The van der Waals surface area contributed by atoms with Gasteiger partial charge in [-0.1, -0.05) is 156 Å². The highest BCUT2D eigenvalue weighted by atomic mass is 16.5. The van der Waals surface area contributed by atoms with Crippen molar-refractivity contribution in [2.45, 2.75) is 221 Å². The standard InChI is InChI=1S/C41H80N4O6.C11H23N3O.C2H6.CH3NO/c1-3-4-5-6-7-8-9-10-11-12-13-14-15-16-17-18-19-20-21-22-24-39(46)42-27-33-49-35-37-51-38-36-50-34-28-43-40(47)25-23-26-41(48)45-31-29-44(2)30-32-45;1-3-4-8-14(13)9-11(12)7-5-6-10(2)15;1-2;2-1-3/h3-38H2,1-2H3,(H,42,46)(H,43,47);9H,3-8,12-13H2,1-2H3;1-2H3;1H,(H2,2,3)/b;11-9-;;. The van der Waals surface area contributed by atoms with Gasteiger partial charge < -0.3 is 55.9 Å². The number of Topliss-reactive ketones (excluding diaryl/α,β-unsaturated/α-hetero) is 1. The summed E-state index contributed by atoms with van der Waals surface area (Å²) in [7, 11) is 2.06. The van der Waals surface area contributed by atoms with Crippen molar-refractivity contribution in [3.63, 3.8) is 0 Å². The van der Waals surface area contributed by atoms with Gasteiger partial charge in [0.15, 0.2) is 0 Å².